The van der Waals surface area contributed by atoms with Crippen molar-refractivity contribution in [2.24, 2.45) is 5.73 Å². The Bertz CT molecular complexity index is 284. The van der Waals surface area contributed by atoms with Crippen LogP contribution >= 0.6 is 12.6 Å². The maximum Gasteiger partial charge on any atom is 0.110 e. The highest BCUT2D eigenvalue weighted by molar-refractivity contribution is 7.81. The molecular weight excluding hydrogens is 344 g/mol. The summed E-state index contributed by atoms with van der Waals surface area (Å²) in [5, 5.41) is 3.29. The standard InChI is InChI=1S/C17H38N2O5S/c1-16(2)19-6-9-22-12-10-20-7-4-17(3,25)24-15-14-23-13-11-21-8-5-18/h16,19,25H,4-15,18H2,1-3H3. The van der Waals surface area contributed by atoms with Crippen molar-refractivity contribution in [1.29, 1.82) is 0 Å². The Hall–Kier alpha value is 0.0700. The van der Waals surface area contributed by atoms with Gasteiger partial charge >= 0.3 is 0 Å². The van der Waals surface area contributed by atoms with Crippen LogP contribution in [0, 0.1) is 0 Å². The molecule has 25 heavy (non-hydrogen) atoms. The molecule has 0 aromatic rings. The summed E-state index contributed by atoms with van der Waals surface area (Å²) in [6.45, 7) is 12.7. The van der Waals surface area contributed by atoms with Crippen LogP contribution in [0.25, 0.3) is 0 Å². The van der Waals surface area contributed by atoms with Crippen molar-refractivity contribution in [2.75, 3.05) is 72.6 Å². The molecule has 0 aromatic carbocycles. The summed E-state index contributed by atoms with van der Waals surface area (Å²) >= 11 is 4.51. The molecule has 7 nitrogen and oxygen atoms in total. The van der Waals surface area contributed by atoms with Gasteiger partial charge in [0.15, 0.2) is 0 Å². The highest BCUT2D eigenvalue weighted by Crippen LogP contribution is 2.19. The first-order valence-electron chi connectivity index (χ1n) is 9.08. The largest absolute Gasteiger partial charge is 0.379 e. The van der Waals surface area contributed by atoms with Gasteiger partial charge in [-0.2, -0.15) is 0 Å². The van der Waals surface area contributed by atoms with Crippen LogP contribution in [0.1, 0.15) is 27.2 Å². The van der Waals surface area contributed by atoms with Gasteiger partial charge in [0, 0.05) is 25.6 Å². The van der Waals surface area contributed by atoms with Crippen LogP contribution in [-0.2, 0) is 23.7 Å². The van der Waals surface area contributed by atoms with Crippen molar-refractivity contribution in [1.82, 2.24) is 5.32 Å². The molecule has 8 heteroatoms. The minimum Gasteiger partial charge on any atom is -0.379 e. The summed E-state index contributed by atoms with van der Waals surface area (Å²) < 4.78 is 27.3. The van der Waals surface area contributed by atoms with Gasteiger partial charge in [0.1, 0.15) is 4.93 Å². The van der Waals surface area contributed by atoms with E-state index < -0.39 is 4.93 Å². The van der Waals surface area contributed by atoms with Crippen molar-refractivity contribution < 1.29 is 23.7 Å². The van der Waals surface area contributed by atoms with Crippen molar-refractivity contribution in [3.63, 3.8) is 0 Å². The third kappa shape index (κ3) is 20.2. The van der Waals surface area contributed by atoms with Crippen LogP contribution < -0.4 is 11.1 Å². The molecule has 0 spiro atoms. The number of hydrogen-bond acceptors (Lipinski definition) is 8. The van der Waals surface area contributed by atoms with E-state index in [2.05, 4.69) is 31.8 Å². The summed E-state index contributed by atoms with van der Waals surface area (Å²) in [4.78, 5) is -0.526. The predicted molar refractivity (Wildman–Crippen MR) is 103 cm³/mol. The molecule has 0 saturated heterocycles. The topological polar surface area (TPSA) is 84.2 Å². The predicted octanol–water partition coefficient (Wildman–Crippen LogP) is 1.06. The van der Waals surface area contributed by atoms with Gasteiger partial charge < -0.3 is 34.7 Å². The zero-order valence-electron chi connectivity index (χ0n) is 16.1. The molecule has 3 N–H and O–H groups in total. The van der Waals surface area contributed by atoms with Gasteiger partial charge in [0.2, 0.25) is 0 Å². The lowest BCUT2D eigenvalue weighted by atomic mass is 10.3. The zero-order valence-corrected chi connectivity index (χ0v) is 17.0. The van der Waals surface area contributed by atoms with Crippen molar-refractivity contribution in [2.45, 2.75) is 38.2 Å². The second-order valence-electron chi connectivity index (χ2n) is 6.12. The Balaban J connectivity index is 3.34. The van der Waals surface area contributed by atoms with Gasteiger partial charge in [-0.15, -0.1) is 12.6 Å². The fraction of sp³-hybridized carbons (Fsp3) is 1.00. The van der Waals surface area contributed by atoms with E-state index in [9.17, 15) is 0 Å². The molecule has 152 valence electrons. The Morgan fingerprint density at radius 2 is 1.36 bits per heavy atom. The molecule has 0 aliphatic carbocycles. The zero-order chi connectivity index (χ0) is 18.8. The Labute approximate surface area is 158 Å². The smallest absolute Gasteiger partial charge is 0.110 e. The third-order valence-corrected chi connectivity index (χ3v) is 3.51. The van der Waals surface area contributed by atoms with E-state index in [1.165, 1.54) is 0 Å². The van der Waals surface area contributed by atoms with E-state index in [1.807, 2.05) is 6.92 Å². The molecule has 0 radical (unpaired) electrons. The summed E-state index contributed by atoms with van der Waals surface area (Å²) in [6.07, 6.45) is 0.699. The third-order valence-electron chi connectivity index (χ3n) is 3.16. The highest BCUT2D eigenvalue weighted by atomic mass is 32.1. The normalized spacial score (nSPS) is 14.2. The number of ether oxygens (including phenoxy) is 5. The van der Waals surface area contributed by atoms with Crippen LogP contribution in [0.2, 0.25) is 0 Å². The van der Waals surface area contributed by atoms with Gasteiger partial charge in [-0.05, 0) is 6.92 Å². The van der Waals surface area contributed by atoms with Crippen molar-refractivity contribution in [3.05, 3.63) is 0 Å². The van der Waals surface area contributed by atoms with E-state index in [-0.39, 0.29) is 0 Å². The second-order valence-corrected chi connectivity index (χ2v) is 7.07. The summed E-state index contributed by atoms with van der Waals surface area (Å²) in [5.74, 6) is 0. The average molecular weight is 383 g/mol. The van der Waals surface area contributed by atoms with E-state index >= 15 is 0 Å². The molecule has 0 aromatic heterocycles. The van der Waals surface area contributed by atoms with Crippen LogP contribution in [0.4, 0.5) is 0 Å². The molecule has 1 unspecified atom stereocenters. The molecule has 0 saturated carbocycles. The lowest BCUT2D eigenvalue weighted by Crippen LogP contribution is -2.27. The highest BCUT2D eigenvalue weighted by Gasteiger charge is 2.19. The summed E-state index contributed by atoms with van der Waals surface area (Å²) in [6, 6.07) is 0.489. The van der Waals surface area contributed by atoms with E-state index in [0.717, 1.165) is 6.54 Å². The minimum atomic E-state index is -0.526. The van der Waals surface area contributed by atoms with Crippen LogP contribution in [0.3, 0.4) is 0 Å². The van der Waals surface area contributed by atoms with E-state index in [1.54, 1.807) is 0 Å². The van der Waals surface area contributed by atoms with Crippen LogP contribution in [-0.4, -0.2) is 83.5 Å². The van der Waals surface area contributed by atoms with Crippen LogP contribution in [0.5, 0.6) is 0 Å². The van der Waals surface area contributed by atoms with Crippen molar-refractivity contribution >= 4 is 12.6 Å². The second kappa shape index (κ2) is 17.5. The molecule has 0 aliphatic rings. The molecule has 0 rings (SSSR count). The average Bonchev–Trinajstić information content (AvgIpc) is 2.55. The van der Waals surface area contributed by atoms with Gasteiger partial charge in [-0.1, -0.05) is 13.8 Å². The SMILES string of the molecule is CC(C)NCCOCCOCCC(C)(S)OCCOCCOCCN. The molecule has 0 amide bonds. The number of thiol groups is 1. The summed E-state index contributed by atoms with van der Waals surface area (Å²) in [7, 11) is 0. The molecule has 1 atom stereocenters. The van der Waals surface area contributed by atoms with E-state index in [0.29, 0.717) is 78.5 Å². The Morgan fingerprint density at radius 1 is 0.840 bits per heavy atom. The lowest BCUT2D eigenvalue weighted by Gasteiger charge is -2.24. The number of hydrogen-bond donors (Lipinski definition) is 3. The van der Waals surface area contributed by atoms with Gasteiger partial charge in [-0.25, -0.2) is 0 Å². The molecule has 0 bridgehead atoms. The lowest BCUT2D eigenvalue weighted by molar-refractivity contribution is -0.0325. The fourth-order valence-electron chi connectivity index (χ4n) is 1.80. The number of nitrogens with one attached hydrogen (secondary N) is 1. The fourth-order valence-corrected chi connectivity index (χ4v) is 1.98. The quantitative estimate of drug-likeness (QED) is 0.175. The molecule has 0 heterocycles. The monoisotopic (exact) mass is 382 g/mol. The molecular formula is C17H38N2O5S. The van der Waals surface area contributed by atoms with Gasteiger partial charge in [0.05, 0.1) is 59.5 Å². The summed E-state index contributed by atoms with van der Waals surface area (Å²) in [5.41, 5.74) is 5.32. The molecule has 0 fully saturated rings. The Morgan fingerprint density at radius 3 is 1.96 bits per heavy atom. The van der Waals surface area contributed by atoms with Crippen LogP contribution in [0.15, 0.2) is 0 Å². The first-order valence-corrected chi connectivity index (χ1v) is 9.53. The number of rotatable bonds is 19. The maximum absolute atomic E-state index is 5.70. The van der Waals surface area contributed by atoms with Crippen molar-refractivity contribution in [3.8, 4) is 0 Å². The Kier molecular flexibility index (Phi) is 17.5. The van der Waals surface area contributed by atoms with E-state index in [4.69, 9.17) is 29.4 Å². The minimum absolute atomic E-state index is 0.489. The van der Waals surface area contributed by atoms with Gasteiger partial charge in [-0.3, -0.25) is 0 Å². The number of nitrogens with two attached hydrogens (primary N) is 1. The maximum atomic E-state index is 5.70. The molecule has 0 aliphatic heterocycles. The van der Waals surface area contributed by atoms with Gasteiger partial charge in [0.25, 0.3) is 0 Å². The first kappa shape index (κ1) is 25.1. The first-order chi connectivity index (χ1) is 12.0.